The number of nitriles is 1. The number of nitrogens with zero attached hydrogens (tertiary/aromatic N) is 4. The minimum Gasteiger partial charge on any atom is -0.382 e. The maximum absolute atomic E-state index is 13.8. The van der Waals surface area contributed by atoms with Gasteiger partial charge in [-0.3, -0.25) is 9.78 Å². The summed E-state index contributed by atoms with van der Waals surface area (Å²) in [5.74, 6) is -0.827. The van der Waals surface area contributed by atoms with Crippen molar-refractivity contribution >= 4 is 26.7 Å². The third-order valence-electron chi connectivity index (χ3n) is 5.69. The fourth-order valence-electron chi connectivity index (χ4n) is 3.87. The number of Topliss-reactive ketones (excluding diaryl/α,β-unsaturated/α-hetero) is 1. The summed E-state index contributed by atoms with van der Waals surface area (Å²) < 4.78 is 68.4. The molecule has 0 radical (unpaired) electrons. The number of carbonyl (C=O) groups is 1. The lowest BCUT2D eigenvalue weighted by Gasteiger charge is -2.13. The highest BCUT2D eigenvalue weighted by Crippen LogP contribution is 2.34. The summed E-state index contributed by atoms with van der Waals surface area (Å²) >= 11 is 0. The Labute approximate surface area is 217 Å². The van der Waals surface area contributed by atoms with E-state index < -0.39 is 27.5 Å². The number of rotatable bonds is 6. The molecule has 38 heavy (non-hydrogen) atoms. The van der Waals surface area contributed by atoms with E-state index in [9.17, 15) is 31.6 Å². The Balaban J connectivity index is 2.01. The summed E-state index contributed by atoms with van der Waals surface area (Å²) in [7, 11) is -1.15. The molecule has 194 valence electrons. The van der Waals surface area contributed by atoms with E-state index in [0.717, 1.165) is 27.9 Å². The average molecular weight is 539 g/mol. The predicted molar refractivity (Wildman–Crippen MR) is 136 cm³/mol. The number of benzene rings is 2. The summed E-state index contributed by atoms with van der Waals surface area (Å²) in [4.78, 5) is 18.8. The van der Waals surface area contributed by atoms with E-state index in [4.69, 9.17) is 0 Å². The van der Waals surface area contributed by atoms with E-state index in [-0.39, 0.29) is 32.9 Å². The molecule has 2 aromatic heterocycles. The van der Waals surface area contributed by atoms with Crippen LogP contribution in [-0.2, 0) is 16.2 Å². The van der Waals surface area contributed by atoms with Gasteiger partial charge >= 0.3 is 6.18 Å². The molecule has 0 N–H and O–H groups in total. The monoisotopic (exact) mass is 538 g/mol. The van der Waals surface area contributed by atoms with Gasteiger partial charge in [0.15, 0.2) is 0 Å². The van der Waals surface area contributed by atoms with Crippen LogP contribution in [0.2, 0.25) is 0 Å². The lowest BCUT2D eigenvalue weighted by molar-refractivity contribution is -0.137. The number of allylic oxidation sites excluding steroid dienone is 1. The van der Waals surface area contributed by atoms with Crippen LogP contribution >= 0.6 is 0 Å². The standard InChI is InChI=1S/C27H21F3N4O3S/c1-17-4-8-22(9-5-17)38(36,37)34-24-12-18(23-14-21(10-11-32-23)27(28,29)30)6-7-19(24)13-25(34)26(35)20(15-31)16-33(2)3/h4-14,16H,1-3H3/b20-16+. The number of aryl methyl sites for hydroxylation is 1. The van der Waals surface area contributed by atoms with Gasteiger partial charge in [-0.25, -0.2) is 12.4 Å². The van der Waals surface area contributed by atoms with Crippen molar-refractivity contribution in [3.8, 4) is 17.3 Å². The summed E-state index contributed by atoms with van der Waals surface area (Å²) in [5.41, 5.74) is -0.439. The van der Waals surface area contributed by atoms with Crippen LogP contribution in [0, 0.1) is 18.3 Å². The van der Waals surface area contributed by atoms with Crippen molar-refractivity contribution in [3.05, 3.63) is 95.5 Å². The van der Waals surface area contributed by atoms with Gasteiger partial charge in [-0.15, -0.1) is 0 Å². The van der Waals surface area contributed by atoms with Crippen molar-refractivity contribution in [1.29, 1.82) is 5.26 Å². The molecule has 11 heteroatoms. The van der Waals surface area contributed by atoms with E-state index in [1.54, 1.807) is 39.2 Å². The molecule has 0 fully saturated rings. The second kappa shape index (κ2) is 9.79. The maximum atomic E-state index is 13.8. The van der Waals surface area contributed by atoms with Crippen LogP contribution in [0.3, 0.4) is 0 Å². The van der Waals surface area contributed by atoms with Crippen LogP contribution in [0.5, 0.6) is 0 Å². The van der Waals surface area contributed by atoms with Gasteiger partial charge < -0.3 is 4.90 Å². The molecular weight excluding hydrogens is 517 g/mol. The Kier molecular flexibility index (Phi) is 6.86. The van der Waals surface area contributed by atoms with Crippen LogP contribution in [0.4, 0.5) is 13.2 Å². The zero-order valence-electron chi connectivity index (χ0n) is 20.5. The smallest absolute Gasteiger partial charge is 0.382 e. The lowest BCUT2D eigenvalue weighted by Crippen LogP contribution is -2.20. The average Bonchev–Trinajstić information content (AvgIpc) is 3.26. The van der Waals surface area contributed by atoms with Crippen molar-refractivity contribution in [3.63, 3.8) is 0 Å². The van der Waals surface area contributed by atoms with Crippen molar-refractivity contribution in [2.45, 2.75) is 18.0 Å². The molecule has 7 nitrogen and oxygen atoms in total. The molecule has 4 aromatic rings. The molecule has 2 aromatic carbocycles. The quantitative estimate of drug-likeness (QED) is 0.185. The second-order valence-electron chi connectivity index (χ2n) is 8.76. The number of aromatic nitrogens is 2. The molecule has 0 bridgehead atoms. The van der Waals surface area contributed by atoms with Gasteiger partial charge in [0.2, 0.25) is 5.78 Å². The normalized spacial score (nSPS) is 12.4. The molecule has 0 saturated carbocycles. The van der Waals surface area contributed by atoms with Crippen molar-refractivity contribution < 1.29 is 26.4 Å². The van der Waals surface area contributed by atoms with Crippen LogP contribution in [0.15, 0.2) is 83.5 Å². The minimum atomic E-state index is -4.59. The predicted octanol–water partition coefficient (Wildman–Crippen LogP) is 5.42. The van der Waals surface area contributed by atoms with E-state index in [1.165, 1.54) is 47.5 Å². The zero-order chi connectivity index (χ0) is 27.8. The number of ketones is 1. The number of hydrogen-bond acceptors (Lipinski definition) is 6. The first kappa shape index (κ1) is 26.6. The largest absolute Gasteiger partial charge is 0.416 e. The number of fused-ring (bicyclic) bond motifs is 1. The van der Waals surface area contributed by atoms with Crippen LogP contribution < -0.4 is 0 Å². The van der Waals surface area contributed by atoms with Gasteiger partial charge in [-0.2, -0.15) is 18.4 Å². The van der Waals surface area contributed by atoms with Gasteiger partial charge in [-0.05, 0) is 43.3 Å². The Morgan fingerprint density at radius 3 is 2.34 bits per heavy atom. The van der Waals surface area contributed by atoms with Crippen LogP contribution in [0.25, 0.3) is 22.2 Å². The van der Waals surface area contributed by atoms with Crippen molar-refractivity contribution in [2.24, 2.45) is 0 Å². The Bertz CT molecular complexity index is 1730. The van der Waals surface area contributed by atoms with Crippen molar-refractivity contribution in [1.82, 2.24) is 13.9 Å². The number of carbonyl (C=O) groups excluding carboxylic acids is 1. The Hall–Kier alpha value is -4.43. The highest BCUT2D eigenvalue weighted by Gasteiger charge is 2.31. The molecule has 0 unspecified atom stereocenters. The summed E-state index contributed by atoms with van der Waals surface area (Å²) in [6, 6.07) is 15.2. The first-order valence-corrected chi connectivity index (χ1v) is 12.6. The van der Waals surface area contributed by atoms with Gasteiger partial charge in [0.1, 0.15) is 17.3 Å². The lowest BCUT2D eigenvalue weighted by atomic mass is 10.1. The summed E-state index contributed by atoms with van der Waals surface area (Å²) in [5, 5.41) is 9.92. The first-order chi connectivity index (χ1) is 17.8. The Morgan fingerprint density at radius 1 is 1.05 bits per heavy atom. The maximum Gasteiger partial charge on any atom is 0.416 e. The van der Waals surface area contributed by atoms with E-state index in [0.29, 0.717) is 5.39 Å². The molecule has 0 amide bonds. The van der Waals surface area contributed by atoms with Gasteiger partial charge in [0.05, 0.1) is 21.7 Å². The van der Waals surface area contributed by atoms with Gasteiger partial charge in [0.25, 0.3) is 10.0 Å². The topological polar surface area (TPSA) is 96.1 Å². The van der Waals surface area contributed by atoms with Crippen LogP contribution in [0.1, 0.15) is 21.6 Å². The molecule has 0 aliphatic heterocycles. The fraction of sp³-hybridized carbons (Fsp3) is 0.148. The molecule has 0 aliphatic rings. The van der Waals surface area contributed by atoms with E-state index in [2.05, 4.69) is 4.98 Å². The number of pyridine rings is 1. The highest BCUT2D eigenvalue weighted by molar-refractivity contribution is 7.90. The van der Waals surface area contributed by atoms with Gasteiger partial charge in [0, 0.05) is 37.4 Å². The van der Waals surface area contributed by atoms with Crippen LogP contribution in [-0.4, -0.2) is 42.2 Å². The molecule has 4 rings (SSSR count). The number of hydrogen-bond donors (Lipinski definition) is 0. The van der Waals surface area contributed by atoms with Crippen molar-refractivity contribution in [2.75, 3.05) is 14.1 Å². The van der Waals surface area contributed by atoms with E-state index in [1.807, 2.05) is 0 Å². The Morgan fingerprint density at radius 2 is 1.74 bits per heavy atom. The molecular formula is C27H21F3N4O3S. The third-order valence-corrected chi connectivity index (χ3v) is 7.43. The minimum absolute atomic E-state index is 0.0275. The molecule has 0 spiro atoms. The molecule has 0 aliphatic carbocycles. The third kappa shape index (κ3) is 5.03. The molecule has 0 atom stereocenters. The zero-order valence-corrected chi connectivity index (χ0v) is 21.3. The number of alkyl halides is 3. The SMILES string of the molecule is Cc1ccc(S(=O)(=O)n2c(C(=O)/C(C#N)=C/N(C)C)cc3ccc(-c4cc(C(F)(F)F)ccn4)cc32)cc1. The van der Waals surface area contributed by atoms with E-state index >= 15 is 0 Å². The molecule has 2 heterocycles. The second-order valence-corrected chi connectivity index (χ2v) is 10.5. The van der Waals surface area contributed by atoms with Gasteiger partial charge in [-0.1, -0.05) is 29.8 Å². The molecule has 0 saturated heterocycles. The number of halogens is 3. The summed E-state index contributed by atoms with van der Waals surface area (Å²) in [6.07, 6.45) is -2.30. The fourth-order valence-corrected chi connectivity index (χ4v) is 5.37. The summed E-state index contributed by atoms with van der Waals surface area (Å²) in [6.45, 7) is 1.79. The first-order valence-electron chi connectivity index (χ1n) is 11.2. The highest BCUT2D eigenvalue weighted by atomic mass is 32.2.